The van der Waals surface area contributed by atoms with Crippen LogP contribution in [0.4, 0.5) is 11.6 Å². The van der Waals surface area contributed by atoms with Crippen molar-refractivity contribution in [2.24, 2.45) is 0 Å². The van der Waals surface area contributed by atoms with Crippen molar-refractivity contribution in [3.05, 3.63) is 41.1 Å². The molecule has 0 atom stereocenters. The highest BCUT2D eigenvalue weighted by Gasteiger charge is 2.15. The molecule has 0 aliphatic heterocycles. The normalized spacial score (nSPS) is 11.1. The summed E-state index contributed by atoms with van der Waals surface area (Å²) in [5.41, 5.74) is 0.470. The van der Waals surface area contributed by atoms with E-state index in [1.807, 2.05) is 13.0 Å². The molecule has 0 aliphatic rings. The van der Waals surface area contributed by atoms with Crippen LogP contribution in [0.2, 0.25) is 0 Å². The van der Waals surface area contributed by atoms with Crippen molar-refractivity contribution >= 4 is 37.6 Å². The minimum Gasteiger partial charge on any atom is -0.354 e. The van der Waals surface area contributed by atoms with Crippen LogP contribution in [0.25, 0.3) is 0 Å². The zero-order valence-electron chi connectivity index (χ0n) is 11.4. The Morgan fingerprint density at radius 1 is 1.24 bits per heavy atom. The summed E-state index contributed by atoms with van der Waals surface area (Å²) in [4.78, 5) is 8.00. The Bertz CT molecular complexity index is 704. The van der Waals surface area contributed by atoms with E-state index in [0.717, 1.165) is 17.4 Å². The highest BCUT2D eigenvalue weighted by atomic mass is 79.9. The summed E-state index contributed by atoms with van der Waals surface area (Å²) in [6.07, 6.45) is 3.50. The lowest BCUT2D eigenvalue weighted by molar-refractivity contribution is 0.600. The number of halogens is 1. The Morgan fingerprint density at radius 3 is 2.57 bits per heavy atom. The van der Waals surface area contributed by atoms with E-state index in [1.165, 1.54) is 12.4 Å². The van der Waals surface area contributed by atoms with Crippen LogP contribution in [0.3, 0.4) is 0 Å². The van der Waals surface area contributed by atoms with E-state index in [-0.39, 0.29) is 4.90 Å². The van der Waals surface area contributed by atoms with Crippen molar-refractivity contribution in [3.8, 4) is 0 Å². The predicted molar refractivity (Wildman–Crippen MR) is 85.8 cm³/mol. The zero-order chi connectivity index (χ0) is 15.3. The molecule has 2 rings (SSSR count). The summed E-state index contributed by atoms with van der Waals surface area (Å²) in [6, 6.07) is 6.90. The van der Waals surface area contributed by atoms with Crippen LogP contribution < -0.4 is 10.0 Å². The molecule has 6 nitrogen and oxygen atoms in total. The largest absolute Gasteiger partial charge is 0.354 e. The molecule has 21 heavy (non-hydrogen) atoms. The third-order valence-corrected chi connectivity index (χ3v) is 4.38. The molecule has 112 valence electrons. The van der Waals surface area contributed by atoms with Crippen molar-refractivity contribution in [2.45, 2.75) is 18.2 Å². The topological polar surface area (TPSA) is 84.0 Å². The van der Waals surface area contributed by atoms with Gasteiger partial charge in [-0.15, -0.1) is 0 Å². The lowest BCUT2D eigenvalue weighted by Gasteiger charge is -2.08. The molecule has 8 heteroatoms. The molecule has 2 N–H and O–H groups in total. The number of hydrogen-bond donors (Lipinski definition) is 2. The molecule has 0 radical (unpaired) electrons. The van der Waals surface area contributed by atoms with Gasteiger partial charge in [-0.25, -0.2) is 18.4 Å². The fraction of sp³-hybridized carbons (Fsp3) is 0.231. The maximum absolute atomic E-state index is 12.2. The van der Waals surface area contributed by atoms with E-state index in [2.05, 4.69) is 35.9 Å². The Labute approximate surface area is 132 Å². The molecule has 0 saturated carbocycles. The average Bonchev–Trinajstić information content (AvgIpc) is 2.45. The van der Waals surface area contributed by atoms with Gasteiger partial charge in [-0.05, 0) is 24.6 Å². The van der Waals surface area contributed by atoms with Gasteiger partial charge in [-0.3, -0.25) is 4.72 Å². The highest BCUT2D eigenvalue weighted by molar-refractivity contribution is 9.10. The lowest BCUT2D eigenvalue weighted by atomic mass is 10.3. The molecule has 0 aliphatic carbocycles. The third-order valence-electron chi connectivity index (χ3n) is 2.55. The molecule has 0 spiro atoms. The number of sulfonamides is 1. The SMILES string of the molecule is CCCNc1ncc(S(=O)(=O)Nc2cccc(Br)c2)cn1. The van der Waals surface area contributed by atoms with Crippen molar-refractivity contribution in [2.75, 3.05) is 16.6 Å². The van der Waals surface area contributed by atoms with E-state index in [0.29, 0.717) is 11.6 Å². The monoisotopic (exact) mass is 370 g/mol. The van der Waals surface area contributed by atoms with Gasteiger partial charge in [0.1, 0.15) is 4.90 Å². The Hall–Kier alpha value is -1.67. The fourth-order valence-corrected chi connectivity index (χ4v) is 2.89. The highest BCUT2D eigenvalue weighted by Crippen LogP contribution is 2.19. The second kappa shape index (κ2) is 6.86. The van der Waals surface area contributed by atoms with Crippen LogP contribution >= 0.6 is 15.9 Å². The minimum atomic E-state index is -3.69. The van der Waals surface area contributed by atoms with Crippen LogP contribution in [-0.4, -0.2) is 24.9 Å². The summed E-state index contributed by atoms with van der Waals surface area (Å²) in [6.45, 7) is 2.76. The first-order chi connectivity index (χ1) is 10.0. The van der Waals surface area contributed by atoms with E-state index < -0.39 is 10.0 Å². The first-order valence-electron chi connectivity index (χ1n) is 6.35. The maximum Gasteiger partial charge on any atom is 0.264 e. The third kappa shape index (κ3) is 4.40. The van der Waals surface area contributed by atoms with Gasteiger partial charge in [0.2, 0.25) is 5.95 Å². The van der Waals surface area contributed by atoms with E-state index in [1.54, 1.807) is 18.2 Å². The van der Waals surface area contributed by atoms with Crippen molar-refractivity contribution in [1.82, 2.24) is 9.97 Å². The standard InChI is InChI=1S/C13H15BrN4O2S/c1-2-6-15-13-16-8-12(9-17-13)21(19,20)18-11-5-3-4-10(14)7-11/h3-5,7-9,18H,2,6H2,1H3,(H,15,16,17). The van der Waals surface area contributed by atoms with E-state index >= 15 is 0 Å². The number of benzene rings is 1. The predicted octanol–water partition coefficient (Wildman–Crippen LogP) is 2.86. The van der Waals surface area contributed by atoms with Gasteiger partial charge < -0.3 is 5.32 Å². The molecule has 0 bridgehead atoms. The molecule has 0 fully saturated rings. The number of hydrogen-bond acceptors (Lipinski definition) is 5. The number of anilines is 2. The van der Waals surface area contributed by atoms with Gasteiger partial charge in [-0.1, -0.05) is 28.9 Å². The van der Waals surface area contributed by atoms with Gasteiger partial charge in [0.05, 0.1) is 12.4 Å². The molecule has 0 unspecified atom stereocenters. The lowest BCUT2D eigenvalue weighted by Crippen LogP contribution is -2.14. The molecular formula is C13H15BrN4O2S. The summed E-state index contributed by atoms with van der Waals surface area (Å²) < 4.78 is 27.7. The molecule has 0 saturated heterocycles. The number of aromatic nitrogens is 2. The summed E-state index contributed by atoms with van der Waals surface area (Å²) in [5.74, 6) is 0.415. The Kier molecular flexibility index (Phi) is 5.13. The van der Waals surface area contributed by atoms with Gasteiger partial charge in [0, 0.05) is 16.7 Å². The quantitative estimate of drug-likeness (QED) is 0.816. The van der Waals surface area contributed by atoms with Gasteiger partial charge >= 0.3 is 0 Å². The zero-order valence-corrected chi connectivity index (χ0v) is 13.8. The Balaban J connectivity index is 2.15. The first kappa shape index (κ1) is 15.7. The second-order valence-corrected chi connectivity index (χ2v) is 6.88. The van der Waals surface area contributed by atoms with Gasteiger partial charge in [0.25, 0.3) is 10.0 Å². The van der Waals surface area contributed by atoms with Crippen LogP contribution in [-0.2, 0) is 10.0 Å². The smallest absolute Gasteiger partial charge is 0.264 e. The van der Waals surface area contributed by atoms with Crippen molar-refractivity contribution in [1.29, 1.82) is 0 Å². The van der Waals surface area contributed by atoms with Crippen LogP contribution in [0.1, 0.15) is 13.3 Å². The fourth-order valence-electron chi connectivity index (χ4n) is 1.55. The van der Waals surface area contributed by atoms with Gasteiger partial charge in [-0.2, -0.15) is 0 Å². The number of nitrogens with one attached hydrogen (secondary N) is 2. The molecule has 0 amide bonds. The summed E-state index contributed by atoms with van der Waals surface area (Å²) in [7, 11) is -3.69. The summed E-state index contributed by atoms with van der Waals surface area (Å²) >= 11 is 3.29. The molecule has 2 aromatic rings. The first-order valence-corrected chi connectivity index (χ1v) is 8.63. The molecular weight excluding hydrogens is 356 g/mol. The van der Waals surface area contributed by atoms with Gasteiger partial charge in [0.15, 0.2) is 0 Å². The number of nitrogens with zero attached hydrogens (tertiary/aromatic N) is 2. The van der Waals surface area contributed by atoms with Crippen LogP contribution in [0, 0.1) is 0 Å². The maximum atomic E-state index is 12.2. The molecule has 1 aromatic carbocycles. The van der Waals surface area contributed by atoms with Crippen molar-refractivity contribution < 1.29 is 8.42 Å². The Morgan fingerprint density at radius 2 is 1.95 bits per heavy atom. The second-order valence-electron chi connectivity index (χ2n) is 4.28. The van der Waals surface area contributed by atoms with Crippen LogP contribution in [0.5, 0.6) is 0 Å². The minimum absolute atomic E-state index is 0.0181. The van der Waals surface area contributed by atoms with Crippen LogP contribution in [0.15, 0.2) is 46.0 Å². The van der Waals surface area contributed by atoms with E-state index in [9.17, 15) is 8.42 Å². The molecule has 1 heterocycles. The molecule has 1 aromatic heterocycles. The number of rotatable bonds is 6. The van der Waals surface area contributed by atoms with E-state index in [4.69, 9.17) is 0 Å². The average molecular weight is 371 g/mol. The van der Waals surface area contributed by atoms with Crippen molar-refractivity contribution in [3.63, 3.8) is 0 Å². The summed E-state index contributed by atoms with van der Waals surface area (Å²) in [5, 5.41) is 2.99.